The van der Waals surface area contributed by atoms with Gasteiger partial charge in [0.1, 0.15) is 5.75 Å². The summed E-state index contributed by atoms with van der Waals surface area (Å²) >= 11 is 5.78. The molecule has 1 aromatic carbocycles. The van der Waals surface area contributed by atoms with Crippen LogP contribution in [0, 0.1) is 0 Å². The molecule has 0 amide bonds. The fourth-order valence-corrected chi connectivity index (χ4v) is 1.34. The van der Waals surface area contributed by atoms with Crippen molar-refractivity contribution in [1.82, 2.24) is 0 Å². The summed E-state index contributed by atoms with van der Waals surface area (Å²) in [6, 6.07) is 7.33. The topological polar surface area (TPSA) is 29.5 Å². The molecule has 0 saturated heterocycles. The van der Waals surface area contributed by atoms with Gasteiger partial charge in [0.15, 0.2) is 0 Å². The maximum absolute atomic E-state index is 9.65. The van der Waals surface area contributed by atoms with Crippen molar-refractivity contribution in [3.8, 4) is 5.75 Å². The first-order chi connectivity index (χ1) is 6.65. The molecule has 2 unspecified atom stereocenters. The molecule has 1 rings (SSSR count). The van der Waals surface area contributed by atoms with Crippen LogP contribution >= 0.6 is 11.6 Å². The normalized spacial score (nSPS) is 14.9. The quantitative estimate of drug-likeness (QED) is 0.781. The minimum Gasteiger partial charge on any atom is -0.494 e. The SMILES string of the molecule is CCOc1ccc(C(O)C(C)Cl)cc1. The van der Waals surface area contributed by atoms with Gasteiger partial charge in [0.05, 0.1) is 18.1 Å². The van der Waals surface area contributed by atoms with Crippen LogP contribution in [0.1, 0.15) is 25.5 Å². The molecule has 3 heteroatoms. The Kier molecular flexibility index (Phi) is 4.23. The van der Waals surface area contributed by atoms with E-state index >= 15 is 0 Å². The van der Waals surface area contributed by atoms with Crippen molar-refractivity contribution in [2.45, 2.75) is 25.3 Å². The van der Waals surface area contributed by atoms with E-state index in [1.165, 1.54) is 0 Å². The van der Waals surface area contributed by atoms with Crippen LogP contribution in [-0.2, 0) is 0 Å². The standard InChI is InChI=1S/C11H15ClO2/c1-3-14-10-6-4-9(5-7-10)11(13)8(2)12/h4-8,11,13H,3H2,1-2H3. The van der Waals surface area contributed by atoms with Crippen LogP contribution in [0.25, 0.3) is 0 Å². The highest BCUT2D eigenvalue weighted by Crippen LogP contribution is 2.22. The Balaban J connectivity index is 2.72. The fourth-order valence-electron chi connectivity index (χ4n) is 1.19. The van der Waals surface area contributed by atoms with Crippen LogP contribution in [0.15, 0.2) is 24.3 Å². The number of benzene rings is 1. The highest BCUT2D eigenvalue weighted by Gasteiger charge is 2.13. The second-order valence-corrected chi connectivity index (χ2v) is 3.81. The summed E-state index contributed by atoms with van der Waals surface area (Å²) in [5.74, 6) is 0.811. The Morgan fingerprint density at radius 1 is 1.36 bits per heavy atom. The van der Waals surface area contributed by atoms with Crippen LogP contribution in [-0.4, -0.2) is 17.1 Å². The first-order valence-electron chi connectivity index (χ1n) is 4.70. The third-order valence-electron chi connectivity index (χ3n) is 1.97. The number of halogens is 1. The van der Waals surface area contributed by atoms with E-state index in [9.17, 15) is 5.11 Å². The minimum atomic E-state index is -0.618. The van der Waals surface area contributed by atoms with E-state index in [0.29, 0.717) is 6.61 Å². The van der Waals surface area contributed by atoms with Crippen molar-refractivity contribution in [2.75, 3.05) is 6.61 Å². The van der Waals surface area contributed by atoms with Crippen LogP contribution in [0.3, 0.4) is 0 Å². The first kappa shape index (κ1) is 11.3. The van der Waals surface area contributed by atoms with Crippen molar-refractivity contribution < 1.29 is 9.84 Å². The van der Waals surface area contributed by atoms with Gasteiger partial charge in [-0.1, -0.05) is 12.1 Å². The van der Waals surface area contributed by atoms with E-state index in [-0.39, 0.29) is 5.38 Å². The Labute approximate surface area is 89.5 Å². The lowest BCUT2D eigenvalue weighted by molar-refractivity contribution is 0.177. The van der Waals surface area contributed by atoms with Crippen LogP contribution < -0.4 is 4.74 Å². The Morgan fingerprint density at radius 3 is 2.36 bits per heavy atom. The summed E-state index contributed by atoms with van der Waals surface area (Å²) in [5, 5.41) is 9.36. The smallest absolute Gasteiger partial charge is 0.119 e. The molecule has 0 saturated carbocycles. The second-order valence-electron chi connectivity index (χ2n) is 3.12. The fraction of sp³-hybridized carbons (Fsp3) is 0.455. The third kappa shape index (κ3) is 2.89. The molecule has 0 fully saturated rings. The molecule has 0 aromatic heterocycles. The molecule has 14 heavy (non-hydrogen) atoms. The Morgan fingerprint density at radius 2 is 1.93 bits per heavy atom. The van der Waals surface area contributed by atoms with Crippen molar-refractivity contribution in [3.05, 3.63) is 29.8 Å². The average molecular weight is 215 g/mol. The lowest BCUT2D eigenvalue weighted by atomic mass is 10.1. The summed E-state index contributed by atoms with van der Waals surface area (Å²) in [7, 11) is 0. The number of hydrogen-bond acceptors (Lipinski definition) is 2. The zero-order valence-corrected chi connectivity index (χ0v) is 9.16. The number of ether oxygens (including phenoxy) is 1. The van der Waals surface area contributed by atoms with Crippen LogP contribution in [0.5, 0.6) is 5.75 Å². The van der Waals surface area contributed by atoms with Gasteiger partial charge in [-0.2, -0.15) is 0 Å². The number of hydrogen-bond donors (Lipinski definition) is 1. The highest BCUT2D eigenvalue weighted by molar-refractivity contribution is 6.20. The lowest BCUT2D eigenvalue weighted by Gasteiger charge is -2.13. The van der Waals surface area contributed by atoms with Crippen molar-refractivity contribution in [1.29, 1.82) is 0 Å². The lowest BCUT2D eigenvalue weighted by Crippen LogP contribution is -2.07. The van der Waals surface area contributed by atoms with E-state index in [0.717, 1.165) is 11.3 Å². The predicted octanol–water partition coefficient (Wildman–Crippen LogP) is 2.75. The van der Waals surface area contributed by atoms with Gasteiger partial charge in [-0.15, -0.1) is 11.6 Å². The zero-order valence-electron chi connectivity index (χ0n) is 8.40. The average Bonchev–Trinajstić information content (AvgIpc) is 2.18. The summed E-state index contributed by atoms with van der Waals surface area (Å²) in [4.78, 5) is 0. The van der Waals surface area contributed by atoms with E-state index in [1.54, 1.807) is 6.92 Å². The Hall–Kier alpha value is -0.730. The van der Waals surface area contributed by atoms with E-state index in [1.807, 2.05) is 31.2 Å². The third-order valence-corrected chi connectivity index (χ3v) is 2.21. The van der Waals surface area contributed by atoms with Crippen molar-refractivity contribution in [2.24, 2.45) is 0 Å². The molecular formula is C11H15ClO2. The maximum Gasteiger partial charge on any atom is 0.119 e. The number of aliphatic hydroxyl groups is 1. The number of alkyl halides is 1. The predicted molar refractivity (Wildman–Crippen MR) is 57.9 cm³/mol. The van der Waals surface area contributed by atoms with Crippen molar-refractivity contribution >= 4 is 11.6 Å². The van der Waals surface area contributed by atoms with Gasteiger partial charge in [-0.05, 0) is 31.5 Å². The first-order valence-corrected chi connectivity index (χ1v) is 5.13. The van der Waals surface area contributed by atoms with Gasteiger partial charge < -0.3 is 9.84 Å². The molecule has 0 spiro atoms. The molecule has 0 radical (unpaired) electrons. The molecular weight excluding hydrogens is 200 g/mol. The summed E-state index contributed by atoms with van der Waals surface area (Å²) in [6.07, 6.45) is -0.618. The molecule has 1 aromatic rings. The number of rotatable bonds is 4. The maximum atomic E-state index is 9.65. The van der Waals surface area contributed by atoms with E-state index in [4.69, 9.17) is 16.3 Å². The van der Waals surface area contributed by atoms with E-state index < -0.39 is 6.10 Å². The minimum absolute atomic E-state index is 0.284. The molecule has 1 N–H and O–H groups in total. The molecule has 0 aliphatic heterocycles. The molecule has 2 nitrogen and oxygen atoms in total. The van der Waals surface area contributed by atoms with Gasteiger partial charge in [-0.25, -0.2) is 0 Å². The van der Waals surface area contributed by atoms with Gasteiger partial charge in [-0.3, -0.25) is 0 Å². The summed E-state index contributed by atoms with van der Waals surface area (Å²) in [5.41, 5.74) is 0.816. The van der Waals surface area contributed by atoms with Gasteiger partial charge in [0, 0.05) is 0 Å². The monoisotopic (exact) mass is 214 g/mol. The van der Waals surface area contributed by atoms with Gasteiger partial charge in [0.2, 0.25) is 0 Å². The van der Waals surface area contributed by atoms with E-state index in [2.05, 4.69) is 0 Å². The molecule has 2 atom stereocenters. The largest absolute Gasteiger partial charge is 0.494 e. The number of aliphatic hydroxyl groups excluding tert-OH is 1. The second kappa shape index (κ2) is 5.23. The molecule has 0 bridgehead atoms. The molecule has 78 valence electrons. The zero-order chi connectivity index (χ0) is 10.6. The van der Waals surface area contributed by atoms with Crippen molar-refractivity contribution in [3.63, 3.8) is 0 Å². The van der Waals surface area contributed by atoms with Crippen LogP contribution in [0.2, 0.25) is 0 Å². The highest BCUT2D eigenvalue weighted by atomic mass is 35.5. The molecule has 0 aliphatic rings. The van der Waals surface area contributed by atoms with Gasteiger partial charge in [0.25, 0.3) is 0 Å². The van der Waals surface area contributed by atoms with Crippen LogP contribution in [0.4, 0.5) is 0 Å². The molecule has 0 aliphatic carbocycles. The summed E-state index contributed by atoms with van der Waals surface area (Å²) < 4.78 is 5.29. The molecule has 0 heterocycles. The Bertz CT molecular complexity index is 269. The van der Waals surface area contributed by atoms with Gasteiger partial charge >= 0.3 is 0 Å². The summed E-state index contributed by atoms with van der Waals surface area (Å²) in [6.45, 7) is 4.35.